The maximum atomic E-state index is 12.6. The highest BCUT2D eigenvalue weighted by atomic mass is 16.6. The largest absolute Gasteiger partial charge is 0.459 e. The van der Waals surface area contributed by atoms with Gasteiger partial charge in [-0.05, 0) is 91.7 Å². The predicted molar refractivity (Wildman–Crippen MR) is 153 cm³/mol. The van der Waals surface area contributed by atoms with Crippen molar-refractivity contribution in [2.45, 2.75) is 72.1 Å². The lowest BCUT2D eigenvalue weighted by atomic mass is 10.2. The van der Waals surface area contributed by atoms with Crippen molar-refractivity contribution >= 4 is 17.6 Å². The van der Waals surface area contributed by atoms with Crippen molar-refractivity contribution in [3.8, 4) is 0 Å². The number of carbonyl (C=O) groups excluding carboxylic acids is 2. The first-order chi connectivity index (χ1) is 17.8. The Hall–Kier alpha value is -2.20. The smallest absolute Gasteiger partial charge is 0.320 e. The van der Waals surface area contributed by atoms with E-state index in [0.717, 1.165) is 77.4 Å². The number of ether oxygens (including phenoxy) is 2. The molecule has 9 nitrogen and oxygen atoms in total. The van der Waals surface area contributed by atoms with Gasteiger partial charge in [0.1, 0.15) is 11.2 Å². The molecule has 0 atom stereocenters. The number of rotatable bonds is 6. The number of hydrogen-bond donors (Lipinski definition) is 2. The van der Waals surface area contributed by atoms with Crippen LogP contribution in [0.5, 0.6) is 0 Å². The third-order valence-corrected chi connectivity index (χ3v) is 6.05. The van der Waals surface area contributed by atoms with E-state index in [1.165, 1.54) is 5.56 Å². The summed E-state index contributed by atoms with van der Waals surface area (Å²) in [6, 6.07) is 8.01. The van der Waals surface area contributed by atoms with E-state index in [9.17, 15) is 9.59 Å². The second-order valence-corrected chi connectivity index (χ2v) is 12.2. The second kappa shape index (κ2) is 15.4. The lowest BCUT2D eigenvalue weighted by molar-refractivity contribution is -0.157. The molecule has 0 bridgehead atoms. The standard InChI is InChI=1S/C29H51N5O4/c1-28(2,3)37-26(35)22-32-16-8-17-33(21-24-9-11-25(30)12-10-24)19-20-34(15-7-13-31-14-18-32)23-27(36)38-29(4,5)6/h9-12,31H,7-8,13-23,30H2,1-6H3. The van der Waals surface area contributed by atoms with Gasteiger partial charge in [0.15, 0.2) is 0 Å². The van der Waals surface area contributed by atoms with Gasteiger partial charge in [-0.3, -0.25) is 24.3 Å². The fourth-order valence-corrected chi connectivity index (χ4v) is 4.39. The van der Waals surface area contributed by atoms with E-state index < -0.39 is 11.2 Å². The van der Waals surface area contributed by atoms with Crippen LogP contribution in [-0.2, 0) is 25.6 Å². The van der Waals surface area contributed by atoms with Gasteiger partial charge in [0.05, 0.1) is 13.1 Å². The molecule has 0 unspecified atom stereocenters. The highest BCUT2D eigenvalue weighted by Crippen LogP contribution is 2.12. The zero-order chi connectivity index (χ0) is 28.2. The number of nitrogens with zero attached hydrogens (tertiary/aromatic N) is 3. The Morgan fingerprint density at radius 3 is 1.82 bits per heavy atom. The van der Waals surface area contributed by atoms with Gasteiger partial charge >= 0.3 is 11.9 Å². The number of anilines is 1. The molecule has 0 radical (unpaired) electrons. The Morgan fingerprint density at radius 1 is 0.737 bits per heavy atom. The van der Waals surface area contributed by atoms with Crippen molar-refractivity contribution in [3.63, 3.8) is 0 Å². The molecule has 1 aliphatic rings. The Labute approximate surface area is 230 Å². The molecule has 38 heavy (non-hydrogen) atoms. The minimum absolute atomic E-state index is 0.185. The Morgan fingerprint density at radius 2 is 1.24 bits per heavy atom. The van der Waals surface area contributed by atoms with Crippen molar-refractivity contribution in [2.75, 3.05) is 71.2 Å². The SMILES string of the molecule is CC(C)(C)OC(=O)CN1CCCN(Cc2ccc(N)cc2)CCN(CC(=O)OC(C)(C)C)CCCNCC1. The van der Waals surface area contributed by atoms with E-state index in [1.54, 1.807) is 0 Å². The molecule has 2 rings (SSSR count). The average molecular weight is 534 g/mol. The van der Waals surface area contributed by atoms with E-state index in [-0.39, 0.29) is 18.5 Å². The summed E-state index contributed by atoms with van der Waals surface area (Å²) in [7, 11) is 0. The lowest BCUT2D eigenvalue weighted by Crippen LogP contribution is -2.43. The van der Waals surface area contributed by atoms with Crippen molar-refractivity contribution in [1.29, 1.82) is 0 Å². The summed E-state index contributed by atoms with van der Waals surface area (Å²) < 4.78 is 11.2. The van der Waals surface area contributed by atoms with Crippen LogP contribution in [-0.4, -0.2) is 103 Å². The third-order valence-electron chi connectivity index (χ3n) is 6.05. The Bertz CT molecular complexity index is 848. The van der Waals surface area contributed by atoms with Crippen molar-refractivity contribution in [1.82, 2.24) is 20.0 Å². The number of carbonyl (C=O) groups is 2. The first kappa shape index (κ1) is 32.0. The van der Waals surface area contributed by atoms with Crippen molar-refractivity contribution < 1.29 is 19.1 Å². The summed E-state index contributed by atoms with van der Waals surface area (Å²) in [5.74, 6) is -0.371. The maximum absolute atomic E-state index is 12.6. The van der Waals surface area contributed by atoms with E-state index in [1.807, 2.05) is 53.7 Å². The number of hydrogen-bond acceptors (Lipinski definition) is 9. The van der Waals surface area contributed by atoms with Gasteiger partial charge in [-0.1, -0.05) is 12.1 Å². The molecular weight excluding hydrogens is 482 g/mol. The van der Waals surface area contributed by atoms with Crippen LogP contribution in [0.25, 0.3) is 0 Å². The van der Waals surface area contributed by atoms with Crippen LogP contribution in [0.3, 0.4) is 0 Å². The van der Waals surface area contributed by atoms with Gasteiger partial charge in [0, 0.05) is 45.0 Å². The van der Waals surface area contributed by atoms with Crippen molar-refractivity contribution in [2.24, 2.45) is 0 Å². The van der Waals surface area contributed by atoms with E-state index in [4.69, 9.17) is 15.2 Å². The van der Waals surface area contributed by atoms with Crippen LogP contribution in [0.15, 0.2) is 24.3 Å². The molecule has 1 heterocycles. The highest BCUT2D eigenvalue weighted by molar-refractivity contribution is 5.72. The van der Waals surface area contributed by atoms with Gasteiger partial charge in [-0.15, -0.1) is 0 Å². The molecule has 1 aromatic rings. The predicted octanol–water partition coefficient (Wildman–Crippen LogP) is 2.74. The number of nitrogens with one attached hydrogen (secondary N) is 1. The second-order valence-electron chi connectivity index (χ2n) is 12.2. The van der Waals surface area contributed by atoms with E-state index in [2.05, 4.69) is 32.1 Å². The quantitative estimate of drug-likeness (QED) is 0.422. The monoisotopic (exact) mass is 533 g/mol. The maximum Gasteiger partial charge on any atom is 0.320 e. The molecular formula is C29H51N5O4. The highest BCUT2D eigenvalue weighted by Gasteiger charge is 2.21. The minimum Gasteiger partial charge on any atom is -0.459 e. The molecule has 3 N–H and O–H groups in total. The number of benzene rings is 1. The average Bonchev–Trinajstić information content (AvgIpc) is 2.77. The molecule has 0 saturated carbocycles. The summed E-state index contributed by atoms with van der Waals surface area (Å²) in [6.45, 7) is 19.3. The molecule has 216 valence electrons. The molecule has 0 amide bonds. The van der Waals surface area contributed by atoms with E-state index >= 15 is 0 Å². The molecule has 0 aliphatic carbocycles. The van der Waals surface area contributed by atoms with Crippen LogP contribution < -0.4 is 11.1 Å². The van der Waals surface area contributed by atoms with Gasteiger partial charge in [-0.25, -0.2) is 0 Å². The summed E-state index contributed by atoms with van der Waals surface area (Å²) in [5.41, 5.74) is 6.87. The van der Waals surface area contributed by atoms with Crippen LogP contribution in [0, 0.1) is 0 Å². The molecule has 0 aromatic heterocycles. The normalized spacial score (nSPS) is 18.5. The molecule has 1 fully saturated rings. The van der Waals surface area contributed by atoms with Crippen LogP contribution in [0.1, 0.15) is 59.9 Å². The summed E-state index contributed by atoms with van der Waals surface area (Å²) in [5, 5.41) is 3.49. The number of esters is 2. The van der Waals surface area contributed by atoms with Gasteiger partial charge < -0.3 is 20.5 Å². The lowest BCUT2D eigenvalue weighted by Gasteiger charge is -2.30. The Kier molecular flexibility index (Phi) is 13.0. The van der Waals surface area contributed by atoms with Crippen molar-refractivity contribution in [3.05, 3.63) is 29.8 Å². The van der Waals surface area contributed by atoms with Crippen LogP contribution in [0.4, 0.5) is 5.69 Å². The fraction of sp³-hybridized carbons (Fsp3) is 0.724. The first-order valence-electron chi connectivity index (χ1n) is 13.9. The molecule has 1 aliphatic heterocycles. The number of nitrogen functional groups attached to an aromatic ring is 1. The molecule has 1 aromatic carbocycles. The summed E-state index contributed by atoms with van der Waals surface area (Å²) >= 11 is 0. The fourth-order valence-electron chi connectivity index (χ4n) is 4.39. The van der Waals surface area contributed by atoms with Crippen LogP contribution >= 0.6 is 0 Å². The zero-order valence-corrected chi connectivity index (χ0v) is 24.6. The van der Waals surface area contributed by atoms with Crippen LogP contribution in [0.2, 0.25) is 0 Å². The summed E-state index contributed by atoms with van der Waals surface area (Å²) in [4.78, 5) is 31.9. The number of nitrogens with two attached hydrogens (primary N) is 1. The summed E-state index contributed by atoms with van der Waals surface area (Å²) in [6.07, 6.45) is 1.84. The van der Waals surface area contributed by atoms with E-state index in [0.29, 0.717) is 6.54 Å². The molecule has 0 spiro atoms. The first-order valence-corrected chi connectivity index (χ1v) is 13.9. The topological polar surface area (TPSA) is 100 Å². The van der Waals surface area contributed by atoms with Gasteiger partial charge in [0.2, 0.25) is 0 Å². The third kappa shape index (κ3) is 14.7. The van der Waals surface area contributed by atoms with Gasteiger partial charge in [0.25, 0.3) is 0 Å². The minimum atomic E-state index is -0.492. The van der Waals surface area contributed by atoms with Gasteiger partial charge in [-0.2, -0.15) is 0 Å². The zero-order valence-electron chi connectivity index (χ0n) is 24.6. The molecule has 1 saturated heterocycles. The Balaban J connectivity index is 2.07. The molecule has 9 heteroatoms.